The van der Waals surface area contributed by atoms with E-state index >= 15 is 0 Å². The van der Waals surface area contributed by atoms with Crippen molar-refractivity contribution in [3.8, 4) is 11.5 Å². The average molecular weight is 417 g/mol. The van der Waals surface area contributed by atoms with Crippen LogP contribution in [0.1, 0.15) is 43.4 Å². The third-order valence-corrected chi connectivity index (χ3v) is 6.01. The standard InChI is InChI=1S/C24H23N3O4/c1-13-5-3-8-20(25-13)27-24(29)21-14(2)26-16-6-4-7-17(28)23(16)22(21)15-9-10-18-19(11-15)31-12-30-18/h3,5,8-11,21-22H,4,6-7,12H2,1-2H3,(H,25,27,29)/t21?,22-/m1/s1. The lowest BCUT2D eigenvalue weighted by molar-refractivity contribution is -0.119. The van der Waals surface area contributed by atoms with E-state index in [0.717, 1.165) is 29.8 Å². The second-order valence-electron chi connectivity index (χ2n) is 8.11. The summed E-state index contributed by atoms with van der Waals surface area (Å²) in [5.74, 6) is 0.556. The first-order valence-corrected chi connectivity index (χ1v) is 10.5. The minimum atomic E-state index is -0.622. The number of hydrogen-bond acceptors (Lipinski definition) is 6. The number of aromatic nitrogens is 1. The lowest BCUT2D eigenvalue weighted by Gasteiger charge is -2.35. The first kappa shape index (κ1) is 19.5. The highest BCUT2D eigenvalue weighted by Gasteiger charge is 2.42. The molecule has 158 valence electrons. The van der Waals surface area contributed by atoms with Gasteiger partial charge in [0.1, 0.15) is 5.82 Å². The van der Waals surface area contributed by atoms with E-state index in [1.165, 1.54) is 0 Å². The highest BCUT2D eigenvalue weighted by molar-refractivity contribution is 6.13. The quantitative estimate of drug-likeness (QED) is 0.817. The van der Waals surface area contributed by atoms with Gasteiger partial charge in [0.15, 0.2) is 17.3 Å². The summed E-state index contributed by atoms with van der Waals surface area (Å²) in [6.07, 6.45) is 2.00. The van der Waals surface area contributed by atoms with Crippen molar-refractivity contribution in [2.24, 2.45) is 10.9 Å². The van der Waals surface area contributed by atoms with Gasteiger partial charge in [-0.2, -0.15) is 0 Å². The molecule has 0 saturated heterocycles. The van der Waals surface area contributed by atoms with Gasteiger partial charge in [-0.15, -0.1) is 0 Å². The summed E-state index contributed by atoms with van der Waals surface area (Å²) in [5.41, 5.74) is 3.80. The number of nitrogens with one attached hydrogen (secondary N) is 1. The van der Waals surface area contributed by atoms with Gasteiger partial charge in [0.2, 0.25) is 12.7 Å². The summed E-state index contributed by atoms with van der Waals surface area (Å²) in [4.78, 5) is 35.6. The van der Waals surface area contributed by atoms with Gasteiger partial charge >= 0.3 is 0 Å². The van der Waals surface area contributed by atoms with Crippen LogP contribution >= 0.6 is 0 Å². The van der Waals surface area contributed by atoms with Crippen LogP contribution in [0.25, 0.3) is 0 Å². The summed E-state index contributed by atoms with van der Waals surface area (Å²) in [7, 11) is 0. The number of ketones is 1. The largest absolute Gasteiger partial charge is 0.454 e. The SMILES string of the molecule is CC1=NC2=C(C(=O)CCC2)[C@H](c2ccc3c(c2)OCO3)C1C(=O)Nc1cccc(C)n1. The predicted octanol–water partition coefficient (Wildman–Crippen LogP) is 3.94. The molecule has 2 atom stereocenters. The number of allylic oxidation sites excluding steroid dienone is 2. The number of carbonyl (C=O) groups excluding carboxylic acids is 2. The first-order valence-electron chi connectivity index (χ1n) is 10.5. The maximum Gasteiger partial charge on any atom is 0.235 e. The van der Waals surface area contributed by atoms with E-state index in [2.05, 4.69) is 10.3 Å². The van der Waals surface area contributed by atoms with E-state index in [1.807, 2.05) is 44.2 Å². The zero-order valence-corrected chi connectivity index (χ0v) is 17.5. The van der Waals surface area contributed by atoms with Crippen LogP contribution in [-0.2, 0) is 9.59 Å². The molecule has 3 heterocycles. The highest BCUT2D eigenvalue weighted by atomic mass is 16.7. The zero-order valence-electron chi connectivity index (χ0n) is 17.5. The fraction of sp³-hybridized carbons (Fsp3) is 0.333. The molecule has 0 fully saturated rings. The van der Waals surface area contributed by atoms with Crippen LogP contribution in [0, 0.1) is 12.8 Å². The molecule has 0 bridgehead atoms. The summed E-state index contributed by atoms with van der Waals surface area (Å²) in [5, 5.41) is 2.92. The van der Waals surface area contributed by atoms with E-state index in [4.69, 9.17) is 14.5 Å². The minimum absolute atomic E-state index is 0.0617. The van der Waals surface area contributed by atoms with Gasteiger partial charge in [0.05, 0.1) is 5.92 Å². The molecule has 1 N–H and O–H groups in total. The number of carbonyl (C=O) groups is 2. The molecule has 3 aliphatic rings. The lowest BCUT2D eigenvalue weighted by atomic mass is 9.71. The van der Waals surface area contributed by atoms with E-state index in [1.54, 1.807) is 6.07 Å². The molecule has 0 saturated carbocycles. The Labute approximate surface area is 180 Å². The molecule has 31 heavy (non-hydrogen) atoms. The van der Waals surface area contributed by atoms with Gasteiger partial charge in [-0.25, -0.2) is 4.98 Å². The number of benzene rings is 1. The maximum atomic E-state index is 13.5. The number of ether oxygens (including phenoxy) is 2. The van der Waals surface area contributed by atoms with E-state index in [-0.39, 0.29) is 18.5 Å². The maximum absolute atomic E-state index is 13.5. The van der Waals surface area contributed by atoms with Crippen molar-refractivity contribution in [1.29, 1.82) is 0 Å². The molecule has 1 amide bonds. The molecule has 5 rings (SSSR count). The summed E-state index contributed by atoms with van der Waals surface area (Å²) >= 11 is 0. The molecular weight excluding hydrogens is 394 g/mol. The van der Waals surface area contributed by atoms with Crippen molar-refractivity contribution < 1.29 is 19.1 Å². The van der Waals surface area contributed by atoms with Crippen LogP contribution in [0.15, 0.2) is 52.7 Å². The Bertz CT molecular complexity index is 1150. The molecule has 1 unspecified atom stereocenters. The second-order valence-corrected chi connectivity index (χ2v) is 8.11. The summed E-state index contributed by atoms with van der Waals surface area (Å²) in [6, 6.07) is 11.1. The third kappa shape index (κ3) is 3.50. The van der Waals surface area contributed by atoms with Crippen molar-refractivity contribution in [3.05, 3.63) is 58.9 Å². The first-order chi connectivity index (χ1) is 15.0. The van der Waals surface area contributed by atoms with Crippen LogP contribution in [-0.4, -0.2) is 29.2 Å². The van der Waals surface area contributed by atoms with Gasteiger partial charge in [-0.1, -0.05) is 12.1 Å². The van der Waals surface area contributed by atoms with E-state index in [9.17, 15) is 9.59 Å². The normalized spacial score (nSPS) is 22.1. The number of pyridine rings is 1. The summed E-state index contributed by atoms with van der Waals surface area (Å²) in [6.45, 7) is 3.90. The number of anilines is 1. The van der Waals surface area contributed by atoms with Crippen molar-refractivity contribution in [2.75, 3.05) is 12.1 Å². The molecule has 7 nitrogen and oxygen atoms in total. The number of hydrogen-bond donors (Lipinski definition) is 1. The Morgan fingerprint density at radius 2 is 1.94 bits per heavy atom. The Kier molecular flexibility index (Phi) is 4.81. The number of aryl methyl sites for hydroxylation is 1. The minimum Gasteiger partial charge on any atom is -0.454 e. The molecule has 0 radical (unpaired) electrons. The molecule has 1 aromatic carbocycles. The number of Topliss-reactive ketones (excluding diaryl/α,β-unsaturated/α-hetero) is 1. The Hall–Kier alpha value is -3.48. The Balaban J connectivity index is 1.58. The Morgan fingerprint density at radius 1 is 1.10 bits per heavy atom. The van der Waals surface area contributed by atoms with Crippen LogP contribution in [0.4, 0.5) is 5.82 Å². The van der Waals surface area contributed by atoms with Crippen molar-refractivity contribution >= 4 is 23.2 Å². The molecule has 0 spiro atoms. The number of amides is 1. The molecule has 1 aliphatic carbocycles. The molecule has 1 aromatic heterocycles. The van der Waals surface area contributed by atoms with Gasteiger partial charge in [-0.3, -0.25) is 14.6 Å². The van der Waals surface area contributed by atoms with Crippen LogP contribution in [0.3, 0.4) is 0 Å². The van der Waals surface area contributed by atoms with Crippen molar-refractivity contribution in [3.63, 3.8) is 0 Å². The van der Waals surface area contributed by atoms with Crippen molar-refractivity contribution in [2.45, 2.75) is 39.0 Å². The molecular formula is C24H23N3O4. The molecule has 2 aromatic rings. The highest BCUT2D eigenvalue weighted by Crippen LogP contribution is 2.45. The third-order valence-electron chi connectivity index (χ3n) is 6.01. The van der Waals surface area contributed by atoms with Gasteiger partial charge < -0.3 is 14.8 Å². The lowest BCUT2D eigenvalue weighted by Crippen LogP contribution is -2.39. The number of nitrogens with zero attached hydrogens (tertiary/aromatic N) is 2. The van der Waals surface area contributed by atoms with E-state index < -0.39 is 11.8 Å². The number of aliphatic imine (C=N–C) groups is 1. The average Bonchev–Trinajstić information content (AvgIpc) is 3.20. The molecule has 2 aliphatic heterocycles. The smallest absolute Gasteiger partial charge is 0.235 e. The van der Waals surface area contributed by atoms with Gasteiger partial charge in [-0.05, 0) is 56.5 Å². The van der Waals surface area contributed by atoms with Crippen molar-refractivity contribution in [1.82, 2.24) is 4.98 Å². The predicted molar refractivity (Wildman–Crippen MR) is 115 cm³/mol. The van der Waals surface area contributed by atoms with Gasteiger partial charge in [0.25, 0.3) is 0 Å². The zero-order chi connectivity index (χ0) is 21.5. The van der Waals surface area contributed by atoms with Crippen LogP contribution in [0.2, 0.25) is 0 Å². The van der Waals surface area contributed by atoms with Crippen LogP contribution in [0.5, 0.6) is 11.5 Å². The fourth-order valence-corrected chi connectivity index (χ4v) is 4.63. The fourth-order valence-electron chi connectivity index (χ4n) is 4.63. The molecule has 7 heteroatoms. The van der Waals surface area contributed by atoms with Gasteiger partial charge in [0, 0.05) is 35.0 Å². The monoisotopic (exact) mass is 417 g/mol. The summed E-state index contributed by atoms with van der Waals surface area (Å²) < 4.78 is 11.0. The number of rotatable bonds is 3. The van der Waals surface area contributed by atoms with E-state index in [0.29, 0.717) is 35.0 Å². The Morgan fingerprint density at radius 3 is 2.77 bits per heavy atom. The van der Waals surface area contributed by atoms with Crippen LogP contribution < -0.4 is 14.8 Å². The topological polar surface area (TPSA) is 89.9 Å². The number of fused-ring (bicyclic) bond motifs is 1. The second kappa shape index (κ2) is 7.65.